The van der Waals surface area contributed by atoms with Gasteiger partial charge in [0.05, 0.1) is 15.1 Å². The molecular weight excluding hydrogens is 464 g/mol. The number of hydrogen-bond acceptors (Lipinski definition) is 8. The number of nitrogens with one attached hydrogen (secondary N) is 1. The average Bonchev–Trinajstić information content (AvgIpc) is 3.33. The molecule has 0 bridgehead atoms. The molecule has 3 aromatic rings. The first kappa shape index (κ1) is 22.5. The van der Waals surface area contributed by atoms with Gasteiger partial charge >= 0.3 is 0 Å². The van der Waals surface area contributed by atoms with E-state index in [1.807, 2.05) is 24.3 Å². The van der Waals surface area contributed by atoms with Gasteiger partial charge in [0.2, 0.25) is 5.91 Å². The van der Waals surface area contributed by atoms with E-state index >= 15 is 0 Å². The molecule has 1 saturated heterocycles. The number of thiazole rings is 1. The fourth-order valence-corrected chi connectivity index (χ4v) is 5.95. The van der Waals surface area contributed by atoms with Crippen LogP contribution >= 0.6 is 34.9 Å². The van der Waals surface area contributed by atoms with Crippen LogP contribution in [0.1, 0.15) is 18.4 Å². The predicted molar refractivity (Wildman–Crippen MR) is 130 cm³/mol. The maximum absolute atomic E-state index is 12.5. The number of nitrogens with zero attached hydrogens (tertiary/aromatic N) is 3. The molecule has 3 heterocycles. The molecule has 0 aliphatic carbocycles. The summed E-state index contributed by atoms with van der Waals surface area (Å²) in [5, 5.41) is 2.46. The van der Waals surface area contributed by atoms with E-state index in [9.17, 15) is 14.4 Å². The van der Waals surface area contributed by atoms with Crippen LogP contribution in [0.5, 0.6) is 0 Å². The van der Waals surface area contributed by atoms with Crippen molar-refractivity contribution in [2.24, 2.45) is 0 Å². The maximum Gasteiger partial charge on any atom is 0.293 e. The number of rotatable bonds is 9. The molecule has 2 aromatic heterocycles. The Labute approximate surface area is 197 Å². The third-order valence-corrected chi connectivity index (χ3v) is 7.73. The standard InChI is InChI=1S/C22H20N4O3S3/c27-19(8-4-12-30-21-25-16-6-1-2-7-17(16)31-21)24-10-11-26-20(28)18(32-22(26)29)13-15-5-3-9-23-14-15/h1-3,5-7,9,13-14H,4,8,10-12H2,(H,24,27). The Bertz CT molecular complexity index is 1130. The topological polar surface area (TPSA) is 92.3 Å². The number of aromatic nitrogens is 2. The van der Waals surface area contributed by atoms with Gasteiger partial charge in [-0.05, 0) is 48.0 Å². The highest BCUT2D eigenvalue weighted by Gasteiger charge is 2.34. The summed E-state index contributed by atoms with van der Waals surface area (Å²) in [4.78, 5) is 46.8. The number of carbonyl (C=O) groups is 3. The minimum atomic E-state index is -0.342. The third kappa shape index (κ3) is 5.76. The number of para-hydroxylation sites is 1. The number of pyridine rings is 1. The number of fused-ring (bicyclic) bond motifs is 1. The number of imide groups is 1. The van der Waals surface area contributed by atoms with Crippen LogP contribution in [0.2, 0.25) is 0 Å². The average molecular weight is 485 g/mol. The molecule has 164 valence electrons. The van der Waals surface area contributed by atoms with Crippen LogP contribution in [0.25, 0.3) is 16.3 Å². The SMILES string of the molecule is O=C(CCCSc1nc2ccccc2s1)NCCN1C(=O)SC(=Cc2cccnc2)C1=O. The van der Waals surface area contributed by atoms with E-state index in [1.165, 1.54) is 0 Å². The molecule has 4 rings (SSSR count). The molecule has 1 aliphatic rings. The van der Waals surface area contributed by atoms with E-state index in [0.29, 0.717) is 11.3 Å². The molecule has 0 unspecified atom stereocenters. The Morgan fingerprint density at radius 1 is 1.19 bits per heavy atom. The summed E-state index contributed by atoms with van der Waals surface area (Å²) >= 11 is 4.21. The Morgan fingerprint density at radius 3 is 2.88 bits per heavy atom. The zero-order chi connectivity index (χ0) is 22.3. The van der Waals surface area contributed by atoms with Crippen LogP contribution in [-0.2, 0) is 9.59 Å². The Morgan fingerprint density at radius 2 is 2.06 bits per heavy atom. The van der Waals surface area contributed by atoms with Gasteiger partial charge < -0.3 is 5.32 Å². The summed E-state index contributed by atoms with van der Waals surface area (Å²) in [6.07, 6.45) is 6.04. The molecule has 1 N–H and O–H groups in total. The first-order chi connectivity index (χ1) is 15.6. The second-order valence-corrected chi connectivity index (χ2v) is 10.2. The van der Waals surface area contributed by atoms with Gasteiger partial charge in [-0.2, -0.15) is 0 Å². The van der Waals surface area contributed by atoms with Gasteiger partial charge in [-0.3, -0.25) is 24.3 Å². The van der Waals surface area contributed by atoms with Crippen LogP contribution in [-0.4, -0.2) is 50.8 Å². The lowest BCUT2D eigenvalue weighted by Crippen LogP contribution is -2.37. The van der Waals surface area contributed by atoms with Crippen LogP contribution in [0.3, 0.4) is 0 Å². The van der Waals surface area contributed by atoms with Crippen molar-refractivity contribution < 1.29 is 14.4 Å². The summed E-state index contributed by atoms with van der Waals surface area (Å²) < 4.78 is 2.17. The Hall–Kier alpha value is -2.69. The zero-order valence-corrected chi connectivity index (χ0v) is 19.5. The largest absolute Gasteiger partial charge is 0.354 e. The third-order valence-electron chi connectivity index (χ3n) is 4.56. The molecule has 1 fully saturated rings. The van der Waals surface area contributed by atoms with Gasteiger partial charge in [-0.15, -0.1) is 11.3 Å². The molecule has 1 aliphatic heterocycles. The fourth-order valence-electron chi connectivity index (χ4n) is 3.01. The van der Waals surface area contributed by atoms with Gasteiger partial charge in [0.25, 0.3) is 11.1 Å². The first-order valence-corrected chi connectivity index (χ1v) is 12.6. The van der Waals surface area contributed by atoms with Gasteiger partial charge in [0, 0.05) is 37.7 Å². The summed E-state index contributed by atoms with van der Waals surface area (Å²) in [6.45, 7) is 0.392. The van der Waals surface area contributed by atoms with Crippen LogP contribution in [0.4, 0.5) is 4.79 Å². The van der Waals surface area contributed by atoms with E-state index in [4.69, 9.17) is 0 Å². The number of carbonyl (C=O) groups excluding carboxylic acids is 3. The highest BCUT2D eigenvalue weighted by atomic mass is 32.2. The number of amides is 3. The van der Waals surface area contributed by atoms with Crippen molar-refractivity contribution in [3.63, 3.8) is 0 Å². The minimum absolute atomic E-state index is 0.0900. The molecule has 32 heavy (non-hydrogen) atoms. The fraction of sp³-hybridized carbons (Fsp3) is 0.227. The van der Waals surface area contributed by atoms with E-state index in [-0.39, 0.29) is 30.1 Å². The van der Waals surface area contributed by atoms with Crippen molar-refractivity contribution >= 4 is 68.2 Å². The Kier molecular flexibility index (Phi) is 7.56. The van der Waals surface area contributed by atoms with Crippen molar-refractivity contribution in [3.8, 4) is 0 Å². The van der Waals surface area contributed by atoms with Crippen molar-refractivity contribution in [2.45, 2.75) is 17.2 Å². The summed E-state index contributed by atoms with van der Waals surface area (Å²) in [6, 6.07) is 11.6. The normalized spacial score (nSPS) is 15.1. The van der Waals surface area contributed by atoms with Gasteiger partial charge in [-0.25, -0.2) is 4.98 Å². The van der Waals surface area contributed by atoms with Crippen molar-refractivity contribution in [1.29, 1.82) is 0 Å². The van der Waals surface area contributed by atoms with E-state index in [1.54, 1.807) is 47.6 Å². The lowest BCUT2D eigenvalue weighted by molar-refractivity contribution is -0.124. The molecule has 10 heteroatoms. The summed E-state index contributed by atoms with van der Waals surface area (Å²) in [5.41, 5.74) is 1.76. The quantitative estimate of drug-likeness (QED) is 0.273. The van der Waals surface area contributed by atoms with Crippen molar-refractivity contribution in [3.05, 3.63) is 59.3 Å². The highest BCUT2D eigenvalue weighted by Crippen LogP contribution is 2.32. The second kappa shape index (κ2) is 10.8. The molecular formula is C22H20N4O3S3. The first-order valence-electron chi connectivity index (χ1n) is 10.0. The summed E-state index contributed by atoms with van der Waals surface area (Å²) in [5.74, 6) is 0.369. The molecule has 0 radical (unpaired) electrons. The number of hydrogen-bond donors (Lipinski definition) is 1. The minimum Gasteiger partial charge on any atom is -0.354 e. The lowest BCUT2D eigenvalue weighted by Gasteiger charge is -2.12. The van der Waals surface area contributed by atoms with Crippen LogP contribution in [0, 0.1) is 0 Å². The predicted octanol–water partition coefficient (Wildman–Crippen LogP) is 4.42. The Balaban J connectivity index is 1.16. The molecule has 3 amide bonds. The van der Waals surface area contributed by atoms with Crippen molar-refractivity contribution in [1.82, 2.24) is 20.2 Å². The second-order valence-electron chi connectivity index (χ2n) is 6.87. The molecule has 1 aromatic carbocycles. The van der Waals surface area contributed by atoms with E-state index in [0.717, 1.165) is 49.0 Å². The smallest absolute Gasteiger partial charge is 0.293 e. The lowest BCUT2D eigenvalue weighted by atomic mass is 10.2. The number of benzene rings is 1. The molecule has 0 atom stereocenters. The molecule has 7 nitrogen and oxygen atoms in total. The van der Waals surface area contributed by atoms with Crippen molar-refractivity contribution in [2.75, 3.05) is 18.8 Å². The van der Waals surface area contributed by atoms with Gasteiger partial charge in [0.1, 0.15) is 0 Å². The zero-order valence-electron chi connectivity index (χ0n) is 17.0. The molecule has 0 saturated carbocycles. The van der Waals surface area contributed by atoms with E-state index < -0.39 is 0 Å². The highest BCUT2D eigenvalue weighted by molar-refractivity contribution is 8.18. The maximum atomic E-state index is 12.5. The van der Waals surface area contributed by atoms with E-state index in [2.05, 4.69) is 21.4 Å². The number of thioether (sulfide) groups is 2. The summed E-state index contributed by atoms with van der Waals surface area (Å²) in [7, 11) is 0. The van der Waals surface area contributed by atoms with Crippen LogP contribution < -0.4 is 5.32 Å². The van der Waals surface area contributed by atoms with Gasteiger partial charge in [-0.1, -0.05) is 30.0 Å². The molecule has 0 spiro atoms. The van der Waals surface area contributed by atoms with Gasteiger partial charge in [0.15, 0.2) is 4.34 Å². The van der Waals surface area contributed by atoms with Crippen LogP contribution in [0.15, 0.2) is 58.0 Å². The monoisotopic (exact) mass is 484 g/mol.